The van der Waals surface area contributed by atoms with E-state index in [9.17, 15) is 14.7 Å². The number of fused-ring (bicyclic) bond motifs is 5. The number of carbonyl (C=O) groups is 2. The highest BCUT2D eigenvalue weighted by Crippen LogP contribution is 2.53. The Labute approximate surface area is 189 Å². The van der Waals surface area contributed by atoms with E-state index < -0.39 is 11.8 Å². The first-order valence-corrected chi connectivity index (χ1v) is 10.8. The van der Waals surface area contributed by atoms with Crippen LogP contribution in [0.25, 0.3) is 10.9 Å². The molecule has 5 rings (SSSR count). The molecule has 1 aliphatic heterocycles. The fourth-order valence-corrected chi connectivity index (χ4v) is 5.76. The fourth-order valence-electron chi connectivity index (χ4n) is 5.46. The number of ether oxygens (including phenoxy) is 2. The molecule has 3 atom stereocenters. The van der Waals surface area contributed by atoms with Gasteiger partial charge in [-0.2, -0.15) is 0 Å². The summed E-state index contributed by atoms with van der Waals surface area (Å²) in [6.07, 6.45) is 0.480. The van der Waals surface area contributed by atoms with Crippen LogP contribution in [0.3, 0.4) is 0 Å². The monoisotopic (exact) mass is 454 g/mol. The minimum Gasteiger partial charge on any atom is -0.497 e. The molecule has 32 heavy (non-hydrogen) atoms. The number of nitrogens with one attached hydrogen (secondary N) is 1. The molecule has 2 amide bonds. The Morgan fingerprint density at radius 2 is 1.94 bits per heavy atom. The maximum atomic E-state index is 13.1. The molecule has 2 aliphatic rings. The van der Waals surface area contributed by atoms with Crippen molar-refractivity contribution in [2.24, 2.45) is 5.92 Å². The standard InChI is InChI=1S/C24H23ClN2O5/c1-31-12-6-7-16-13(10-12)20-17(27(16)8-9-28)11-14(21-22(20)24(30)26-23(21)29)19-15(25)4-3-5-18(19)32-2/h3-7,10,14,21-22,28H,8-9,11H2,1-2H3,(H,26,29,30). The van der Waals surface area contributed by atoms with Gasteiger partial charge >= 0.3 is 0 Å². The van der Waals surface area contributed by atoms with Gasteiger partial charge in [0.25, 0.3) is 0 Å². The van der Waals surface area contributed by atoms with Crippen molar-refractivity contribution in [1.82, 2.24) is 9.88 Å². The molecule has 166 valence electrons. The Morgan fingerprint density at radius 3 is 2.66 bits per heavy atom. The summed E-state index contributed by atoms with van der Waals surface area (Å²) >= 11 is 6.60. The lowest BCUT2D eigenvalue weighted by Crippen LogP contribution is -2.32. The van der Waals surface area contributed by atoms with Gasteiger partial charge in [0.05, 0.1) is 32.7 Å². The van der Waals surface area contributed by atoms with Crippen molar-refractivity contribution in [2.75, 3.05) is 20.8 Å². The molecule has 0 saturated carbocycles. The molecule has 3 aromatic rings. The SMILES string of the molecule is COc1ccc2c(c1)c1c(n2CCO)CC(c2c(Cl)cccc2OC)C2C(=O)NC(=O)C12. The van der Waals surface area contributed by atoms with Gasteiger partial charge in [-0.15, -0.1) is 0 Å². The zero-order valence-electron chi connectivity index (χ0n) is 17.7. The van der Waals surface area contributed by atoms with Crippen molar-refractivity contribution in [3.8, 4) is 11.5 Å². The van der Waals surface area contributed by atoms with Gasteiger partial charge in [0.2, 0.25) is 11.8 Å². The Hall–Kier alpha value is -3.03. The van der Waals surface area contributed by atoms with Crippen molar-refractivity contribution in [3.05, 3.63) is 58.2 Å². The van der Waals surface area contributed by atoms with Crippen LogP contribution in [-0.2, 0) is 22.6 Å². The number of rotatable bonds is 5. The Bertz CT molecular complexity index is 1250. The number of imide groups is 1. The van der Waals surface area contributed by atoms with Gasteiger partial charge < -0.3 is 19.1 Å². The normalized spacial score (nSPS) is 21.9. The summed E-state index contributed by atoms with van der Waals surface area (Å²) < 4.78 is 13.0. The van der Waals surface area contributed by atoms with E-state index in [-0.39, 0.29) is 24.3 Å². The quantitative estimate of drug-likeness (QED) is 0.578. The molecular formula is C24H23ClN2O5. The number of aromatic nitrogens is 1. The lowest BCUT2D eigenvalue weighted by atomic mass is 9.69. The Kier molecular flexibility index (Phi) is 5.10. The van der Waals surface area contributed by atoms with Gasteiger partial charge in [-0.1, -0.05) is 17.7 Å². The smallest absolute Gasteiger partial charge is 0.235 e. The maximum absolute atomic E-state index is 13.1. The first-order chi connectivity index (χ1) is 15.5. The van der Waals surface area contributed by atoms with Crippen LogP contribution in [0.5, 0.6) is 11.5 Å². The van der Waals surface area contributed by atoms with E-state index in [1.165, 1.54) is 0 Å². The number of aliphatic hydroxyl groups excluding tert-OH is 1. The highest BCUT2D eigenvalue weighted by atomic mass is 35.5. The summed E-state index contributed by atoms with van der Waals surface area (Å²) in [6, 6.07) is 11.1. The predicted octanol–water partition coefficient (Wildman–Crippen LogP) is 3.00. The summed E-state index contributed by atoms with van der Waals surface area (Å²) in [7, 11) is 3.16. The van der Waals surface area contributed by atoms with Crippen LogP contribution >= 0.6 is 11.6 Å². The highest BCUT2D eigenvalue weighted by molar-refractivity contribution is 6.31. The number of amides is 2. The summed E-state index contributed by atoms with van der Waals surface area (Å²) in [5, 5.41) is 13.7. The largest absolute Gasteiger partial charge is 0.497 e. The number of benzene rings is 2. The molecule has 3 unspecified atom stereocenters. The third kappa shape index (κ3) is 2.92. The number of aliphatic hydroxyl groups is 1. The summed E-state index contributed by atoms with van der Waals surface area (Å²) in [4.78, 5) is 26.1. The van der Waals surface area contributed by atoms with E-state index in [0.29, 0.717) is 29.5 Å². The Morgan fingerprint density at radius 1 is 1.12 bits per heavy atom. The lowest BCUT2D eigenvalue weighted by molar-refractivity contribution is -0.126. The molecule has 2 N–H and O–H groups in total. The molecule has 2 aromatic carbocycles. The first-order valence-electron chi connectivity index (χ1n) is 10.5. The van der Waals surface area contributed by atoms with E-state index in [0.717, 1.165) is 27.7 Å². The second kappa shape index (κ2) is 7.83. The summed E-state index contributed by atoms with van der Waals surface area (Å²) in [5.74, 6) is -0.992. The Balaban J connectivity index is 1.81. The molecule has 2 heterocycles. The fraction of sp³-hybridized carbons (Fsp3) is 0.333. The predicted molar refractivity (Wildman–Crippen MR) is 119 cm³/mol. The van der Waals surface area contributed by atoms with Crippen molar-refractivity contribution in [3.63, 3.8) is 0 Å². The van der Waals surface area contributed by atoms with Crippen molar-refractivity contribution in [2.45, 2.75) is 24.8 Å². The summed E-state index contributed by atoms with van der Waals surface area (Å²) in [6.45, 7) is 0.318. The number of methoxy groups -OCH3 is 2. The molecule has 7 nitrogen and oxygen atoms in total. The number of halogens is 1. The van der Waals surface area contributed by atoms with E-state index in [1.807, 2.05) is 28.8 Å². The van der Waals surface area contributed by atoms with Crippen LogP contribution in [0.15, 0.2) is 36.4 Å². The average molecular weight is 455 g/mol. The molecule has 0 radical (unpaired) electrons. The van der Waals surface area contributed by atoms with Crippen LogP contribution in [0, 0.1) is 5.92 Å². The minimum absolute atomic E-state index is 0.0540. The third-order valence-corrected chi connectivity index (χ3v) is 7.03. The van der Waals surface area contributed by atoms with Crippen molar-refractivity contribution >= 4 is 34.3 Å². The first kappa shape index (κ1) is 20.8. The second-order valence-electron chi connectivity index (χ2n) is 8.14. The molecule has 1 fully saturated rings. The van der Waals surface area contributed by atoms with E-state index >= 15 is 0 Å². The third-order valence-electron chi connectivity index (χ3n) is 6.70. The van der Waals surface area contributed by atoms with Gasteiger partial charge in [-0.25, -0.2) is 0 Å². The van der Waals surface area contributed by atoms with E-state index in [4.69, 9.17) is 21.1 Å². The van der Waals surface area contributed by atoms with Crippen LogP contribution in [-0.4, -0.2) is 42.3 Å². The van der Waals surface area contributed by atoms with Crippen LogP contribution in [0.4, 0.5) is 0 Å². The number of hydrogen-bond donors (Lipinski definition) is 2. The number of carbonyl (C=O) groups excluding carboxylic acids is 2. The molecule has 1 aromatic heterocycles. The minimum atomic E-state index is -0.660. The van der Waals surface area contributed by atoms with Crippen LogP contribution in [0.2, 0.25) is 5.02 Å². The number of hydrogen-bond acceptors (Lipinski definition) is 5. The van der Waals surface area contributed by atoms with E-state index in [1.54, 1.807) is 26.4 Å². The second-order valence-corrected chi connectivity index (χ2v) is 8.55. The van der Waals surface area contributed by atoms with Gasteiger partial charge in [-0.3, -0.25) is 14.9 Å². The van der Waals surface area contributed by atoms with Crippen molar-refractivity contribution < 1.29 is 24.2 Å². The zero-order chi connectivity index (χ0) is 22.6. The van der Waals surface area contributed by atoms with E-state index in [2.05, 4.69) is 5.32 Å². The average Bonchev–Trinajstić information content (AvgIpc) is 3.26. The van der Waals surface area contributed by atoms with Crippen LogP contribution < -0.4 is 14.8 Å². The molecule has 8 heteroatoms. The maximum Gasteiger partial charge on any atom is 0.235 e. The van der Waals surface area contributed by atoms with Crippen molar-refractivity contribution in [1.29, 1.82) is 0 Å². The van der Waals surface area contributed by atoms with Gasteiger partial charge in [0.15, 0.2) is 0 Å². The van der Waals surface area contributed by atoms with Gasteiger partial charge in [0, 0.05) is 39.6 Å². The topological polar surface area (TPSA) is 89.8 Å². The lowest BCUT2D eigenvalue weighted by Gasteiger charge is -2.33. The molecule has 1 aliphatic carbocycles. The zero-order valence-corrected chi connectivity index (χ0v) is 18.5. The number of nitrogens with zero attached hydrogens (tertiary/aromatic N) is 1. The van der Waals surface area contributed by atoms with Gasteiger partial charge in [0.1, 0.15) is 11.5 Å². The highest BCUT2D eigenvalue weighted by Gasteiger charge is 2.53. The van der Waals surface area contributed by atoms with Crippen LogP contribution in [0.1, 0.15) is 28.7 Å². The molecular weight excluding hydrogens is 432 g/mol. The molecule has 0 bridgehead atoms. The molecule has 1 saturated heterocycles. The summed E-state index contributed by atoms with van der Waals surface area (Å²) in [5.41, 5.74) is 3.35. The van der Waals surface area contributed by atoms with Gasteiger partial charge in [-0.05, 0) is 42.3 Å². The molecule has 0 spiro atoms.